The topological polar surface area (TPSA) is 52.6 Å². The number of carbonyl (C=O) groups excluding carboxylic acids is 2. The zero-order valence-corrected chi connectivity index (χ0v) is 16.8. The lowest BCUT2D eigenvalue weighted by Gasteiger charge is -2.29. The molecule has 0 spiro atoms. The minimum Gasteiger partial charge on any atom is -0.466 e. The Morgan fingerprint density at radius 3 is 1.83 bits per heavy atom. The van der Waals surface area contributed by atoms with Crippen LogP contribution in [0.1, 0.15) is 52.0 Å². The average Bonchev–Trinajstić information content (AvgIpc) is 2.54. The van der Waals surface area contributed by atoms with E-state index in [2.05, 4.69) is 38.1 Å². The predicted molar refractivity (Wildman–Crippen MR) is 99.5 cm³/mol. The molecule has 1 rings (SSSR count). The summed E-state index contributed by atoms with van der Waals surface area (Å²) in [5.41, 5.74) is 1.24. The normalized spacial score (nSPS) is 11.7. The Balaban J connectivity index is 2.74. The van der Waals surface area contributed by atoms with Gasteiger partial charge in [0.05, 0.1) is 22.7 Å². The Kier molecular flexibility index (Phi) is 8.75. The van der Waals surface area contributed by atoms with Crippen LogP contribution in [0.25, 0.3) is 0 Å². The lowest BCUT2D eigenvalue weighted by atomic mass is 9.98. The van der Waals surface area contributed by atoms with Crippen molar-refractivity contribution >= 4 is 26.6 Å². The van der Waals surface area contributed by atoms with Crippen LogP contribution in [0.15, 0.2) is 24.3 Å². The monoisotopic (exact) mass is 350 g/mol. The van der Waals surface area contributed by atoms with Crippen LogP contribution in [-0.4, -0.2) is 34.7 Å². The second-order valence-corrected chi connectivity index (χ2v) is 9.46. The molecule has 0 amide bonds. The number of aryl methyl sites for hydroxylation is 1. The van der Waals surface area contributed by atoms with Gasteiger partial charge in [-0.3, -0.25) is 9.59 Å². The fourth-order valence-electron chi connectivity index (χ4n) is 2.77. The fourth-order valence-corrected chi connectivity index (χ4v) is 4.94. The number of hydrogen-bond acceptors (Lipinski definition) is 4. The van der Waals surface area contributed by atoms with Crippen molar-refractivity contribution in [3.05, 3.63) is 29.8 Å². The molecular weight excluding hydrogens is 320 g/mol. The van der Waals surface area contributed by atoms with Crippen LogP contribution in [0.4, 0.5) is 0 Å². The Morgan fingerprint density at radius 2 is 1.42 bits per heavy atom. The fraction of sp³-hybridized carbons (Fsp3) is 0.579. The van der Waals surface area contributed by atoms with E-state index in [-0.39, 0.29) is 17.0 Å². The number of benzene rings is 1. The van der Waals surface area contributed by atoms with Gasteiger partial charge >= 0.3 is 11.9 Å². The van der Waals surface area contributed by atoms with Crippen LogP contribution in [0.2, 0.25) is 5.04 Å². The summed E-state index contributed by atoms with van der Waals surface area (Å²) in [5.74, 6) is -0.310. The van der Waals surface area contributed by atoms with Crippen molar-refractivity contribution in [2.45, 2.75) is 58.4 Å². The van der Waals surface area contributed by atoms with E-state index < -0.39 is 9.52 Å². The summed E-state index contributed by atoms with van der Waals surface area (Å²) < 4.78 is 10.1. The molecule has 0 N–H and O–H groups in total. The molecule has 0 atom stereocenters. The predicted octanol–water partition coefficient (Wildman–Crippen LogP) is 2.65. The molecule has 0 aliphatic rings. The summed E-state index contributed by atoms with van der Waals surface area (Å²) in [4.78, 5) is 23.5. The van der Waals surface area contributed by atoms with Crippen molar-refractivity contribution in [3.8, 4) is 0 Å². The van der Waals surface area contributed by atoms with E-state index in [9.17, 15) is 9.59 Å². The third-order valence-electron chi connectivity index (χ3n) is 4.23. The molecule has 0 aliphatic heterocycles. The molecule has 0 aromatic heterocycles. The molecule has 0 aliphatic carbocycles. The second-order valence-electron chi connectivity index (χ2n) is 6.58. The third-order valence-corrected chi connectivity index (χ3v) is 6.67. The van der Waals surface area contributed by atoms with Crippen molar-refractivity contribution in [3.63, 3.8) is 0 Å². The molecule has 0 saturated heterocycles. The Labute approximate surface area is 147 Å². The van der Waals surface area contributed by atoms with Gasteiger partial charge in [-0.25, -0.2) is 0 Å². The first-order valence-corrected chi connectivity index (χ1v) is 10.2. The Morgan fingerprint density at radius 1 is 0.958 bits per heavy atom. The maximum absolute atomic E-state index is 11.7. The first-order valence-electron chi connectivity index (χ1n) is 8.75. The Bertz CT molecular complexity index is 503. The van der Waals surface area contributed by atoms with Crippen LogP contribution in [-0.2, 0) is 19.1 Å². The molecule has 1 aromatic rings. The van der Waals surface area contributed by atoms with Crippen LogP contribution in [0, 0.1) is 6.92 Å². The van der Waals surface area contributed by atoms with Crippen molar-refractivity contribution < 1.29 is 19.1 Å². The molecule has 5 heteroatoms. The summed E-state index contributed by atoms with van der Waals surface area (Å²) in [6.07, 6.45) is 2.33. The summed E-state index contributed by atoms with van der Waals surface area (Å²) in [6.45, 7) is 8.73. The molecule has 134 valence electrons. The summed E-state index contributed by atoms with van der Waals surface area (Å²) >= 11 is 0. The van der Waals surface area contributed by atoms with E-state index in [1.165, 1.54) is 10.8 Å². The van der Waals surface area contributed by atoms with Gasteiger partial charge in [0.2, 0.25) is 0 Å². The largest absolute Gasteiger partial charge is 0.466 e. The highest BCUT2D eigenvalue weighted by Crippen LogP contribution is 2.36. The van der Waals surface area contributed by atoms with Gasteiger partial charge in [0.1, 0.15) is 0 Å². The van der Waals surface area contributed by atoms with Gasteiger partial charge in [-0.05, 0) is 38.7 Å². The van der Waals surface area contributed by atoms with Crippen molar-refractivity contribution in [2.24, 2.45) is 0 Å². The van der Waals surface area contributed by atoms with E-state index in [1.54, 1.807) is 0 Å². The van der Waals surface area contributed by atoms with E-state index >= 15 is 0 Å². The molecule has 0 heterocycles. The number of hydrogen-bond donors (Lipinski definition) is 0. The number of carbonyl (C=O) groups is 2. The smallest absolute Gasteiger partial charge is 0.305 e. The highest BCUT2D eigenvalue weighted by atomic mass is 28.2. The highest BCUT2D eigenvalue weighted by Gasteiger charge is 2.27. The van der Waals surface area contributed by atoms with Crippen LogP contribution in [0.5, 0.6) is 0 Å². The third kappa shape index (κ3) is 7.77. The van der Waals surface area contributed by atoms with E-state index in [0.29, 0.717) is 26.1 Å². The molecule has 4 nitrogen and oxygen atoms in total. The van der Waals surface area contributed by atoms with Crippen molar-refractivity contribution in [2.75, 3.05) is 13.2 Å². The molecule has 24 heavy (non-hydrogen) atoms. The molecular formula is C19H30O4Si. The van der Waals surface area contributed by atoms with Crippen LogP contribution < -0.4 is 5.19 Å². The van der Waals surface area contributed by atoms with Gasteiger partial charge in [-0.15, -0.1) is 0 Å². The number of esters is 2. The second kappa shape index (κ2) is 10.3. The quantitative estimate of drug-likeness (QED) is 0.481. The van der Waals surface area contributed by atoms with E-state index in [0.717, 1.165) is 12.8 Å². The van der Waals surface area contributed by atoms with Gasteiger partial charge in [0, 0.05) is 12.8 Å². The molecule has 0 fully saturated rings. The van der Waals surface area contributed by atoms with Gasteiger partial charge in [-0.1, -0.05) is 41.9 Å². The number of rotatable bonds is 10. The van der Waals surface area contributed by atoms with Crippen molar-refractivity contribution in [1.82, 2.24) is 0 Å². The summed E-state index contributed by atoms with van der Waals surface area (Å²) in [7, 11) is -0.639. The molecule has 1 aromatic carbocycles. The molecule has 0 bridgehead atoms. The van der Waals surface area contributed by atoms with E-state index in [1.807, 2.05) is 13.8 Å². The zero-order chi connectivity index (χ0) is 18.0. The maximum atomic E-state index is 11.7. The minimum absolute atomic E-state index is 0.00518. The first-order chi connectivity index (χ1) is 11.4. The Hall–Kier alpha value is -1.62. The summed E-state index contributed by atoms with van der Waals surface area (Å²) in [5, 5.41) is 1.35. The lowest BCUT2D eigenvalue weighted by Crippen LogP contribution is -2.29. The van der Waals surface area contributed by atoms with E-state index in [4.69, 9.17) is 9.47 Å². The first kappa shape index (κ1) is 20.4. The van der Waals surface area contributed by atoms with Gasteiger partial charge in [0.25, 0.3) is 0 Å². The lowest BCUT2D eigenvalue weighted by molar-refractivity contribution is -0.143. The highest BCUT2D eigenvalue weighted by molar-refractivity contribution is 6.56. The molecule has 0 radical (unpaired) electrons. The SMILES string of the molecule is CCOC(=O)CCC(C)(CCC(=O)OCC)[SiH2]c1ccc(C)cc1. The standard InChI is InChI=1S/C19H30O4Si/c1-5-22-17(20)11-13-19(4,14-12-18(21)23-6-2)24-16-9-7-15(3)8-10-16/h7-10H,5-6,11-14,24H2,1-4H3. The van der Waals surface area contributed by atoms with Gasteiger partial charge in [0.15, 0.2) is 0 Å². The average molecular weight is 351 g/mol. The van der Waals surface area contributed by atoms with Gasteiger partial charge in [-0.2, -0.15) is 0 Å². The van der Waals surface area contributed by atoms with Crippen molar-refractivity contribution in [1.29, 1.82) is 0 Å². The molecule has 0 saturated carbocycles. The van der Waals surface area contributed by atoms with Crippen LogP contribution in [0.3, 0.4) is 0 Å². The maximum Gasteiger partial charge on any atom is 0.305 e. The van der Waals surface area contributed by atoms with Gasteiger partial charge < -0.3 is 9.47 Å². The number of ether oxygens (including phenoxy) is 2. The van der Waals surface area contributed by atoms with Crippen LogP contribution >= 0.6 is 0 Å². The molecule has 0 unspecified atom stereocenters. The zero-order valence-electron chi connectivity index (χ0n) is 15.4. The minimum atomic E-state index is -0.639. The summed E-state index contributed by atoms with van der Waals surface area (Å²) in [6, 6.07) is 8.60.